The van der Waals surface area contributed by atoms with Gasteiger partial charge in [0.1, 0.15) is 12.1 Å². The summed E-state index contributed by atoms with van der Waals surface area (Å²) in [5.74, 6) is 0. The lowest BCUT2D eigenvalue weighted by molar-refractivity contribution is 0.565. The first-order chi connectivity index (χ1) is 6.31. The fraction of sp³-hybridized carbons (Fsp3) is 0. The van der Waals surface area contributed by atoms with Crippen molar-refractivity contribution in [3.63, 3.8) is 0 Å². The average Bonchev–Trinajstić information content (AvgIpc) is 2.18. The van der Waals surface area contributed by atoms with E-state index in [0.29, 0.717) is 5.69 Å². The monoisotopic (exact) mass is 169 g/mol. The summed E-state index contributed by atoms with van der Waals surface area (Å²) in [6.45, 7) is 0. The average molecular weight is 169 g/mol. The highest BCUT2D eigenvalue weighted by atomic mass is 16.1. The van der Waals surface area contributed by atoms with Gasteiger partial charge in [0, 0.05) is 0 Å². The Bertz CT molecular complexity index is 459. The van der Waals surface area contributed by atoms with E-state index < -0.39 is 0 Å². The van der Waals surface area contributed by atoms with Gasteiger partial charge in [0.15, 0.2) is 0 Å². The minimum absolute atomic E-state index is 0.207. The van der Waals surface area contributed by atoms with Crippen molar-refractivity contribution in [1.82, 2.24) is 0 Å². The standard InChI is InChI=1S/C9H3N3O/c10-4-7-1-2-9(12-6-13)3-8(7)5-11/h1-3H. The van der Waals surface area contributed by atoms with Crippen molar-refractivity contribution in [1.29, 1.82) is 10.5 Å². The fourth-order valence-electron chi connectivity index (χ4n) is 0.844. The smallest absolute Gasteiger partial charge is 0.211 e. The molecule has 0 spiro atoms. The maximum atomic E-state index is 9.89. The summed E-state index contributed by atoms with van der Waals surface area (Å²) in [5, 5.41) is 17.2. The third-order valence-electron chi connectivity index (χ3n) is 1.42. The molecule has 1 aromatic rings. The molecule has 0 aliphatic heterocycles. The number of hydrogen-bond acceptors (Lipinski definition) is 4. The van der Waals surface area contributed by atoms with Crippen LogP contribution in [0.3, 0.4) is 0 Å². The second-order valence-electron chi connectivity index (χ2n) is 2.16. The van der Waals surface area contributed by atoms with Gasteiger partial charge in [-0.2, -0.15) is 15.5 Å². The van der Waals surface area contributed by atoms with Crippen LogP contribution in [0.1, 0.15) is 11.1 Å². The summed E-state index contributed by atoms with van der Waals surface area (Å²) in [7, 11) is 0. The summed E-state index contributed by atoms with van der Waals surface area (Å²) < 4.78 is 0. The molecule has 0 saturated carbocycles. The number of nitrogens with zero attached hydrogens (tertiary/aromatic N) is 3. The molecule has 60 valence electrons. The summed E-state index contributed by atoms with van der Waals surface area (Å²) in [6.07, 6.45) is 1.36. The number of aliphatic imine (C=N–C) groups is 1. The highest BCUT2D eigenvalue weighted by Gasteiger charge is 2.01. The lowest BCUT2D eigenvalue weighted by Crippen LogP contribution is -1.81. The maximum absolute atomic E-state index is 9.89. The molecule has 0 N–H and O–H groups in total. The van der Waals surface area contributed by atoms with Gasteiger partial charge in [-0.05, 0) is 18.2 Å². The Balaban J connectivity index is 3.32. The van der Waals surface area contributed by atoms with E-state index in [4.69, 9.17) is 10.5 Å². The van der Waals surface area contributed by atoms with Crippen LogP contribution in [0.15, 0.2) is 23.2 Å². The molecule has 0 heterocycles. The molecule has 0 aliphatic carbocycles. The predicted octanol–water partition coefficient (Wildman–Crippen LogP) is 1.40. The van der Waals surface area contributed by atoms with E-state index in [-0.39, 0.29) is 11.1 Å². The second kappa shape index (κ2) is 3.82. The van der Waals surface area contributed by atoms with Crippen molar-refractivity contribution in [2.45, 2.75) is 0 Å². The lowest BCUT2D eigenvalue weighted by Gasteiger charge is -1.93. The molecular formula is C9H3N3O. The van der Waals surface area contributed by atoms with E-state index in [0.717, 1.165) is 0 Å². The number of rotatable bonds is 1. The van der Waals surface area contributed by atoms with Crippen molar-refractivity contribution in [3.05, 3.63) is 29.3 Å². The molecule has 0 radical (unpaired) electrons. The van der Waals surface area contributed by atoms with Crippen molar-refractivity contribution in [3.8, 4) is 12.1 Å². The zero-order valence-corrected chi connectivity index (χ0v) is 6.48. The van der Waals surface area contributed by atoms with Crippen molar-refractivity contribution < 1.29 is 4.79 Å². The highest BCUT2D eigenvalue weighted by Crippen LogP contribution is 2.16. The summed E-state index contributed by atoms with van der Waals surface area (Å²) in [6, 6.07) is 7.97. The number of nitriles is 2. The second-order valence-corrected chi connectivity index (χ2v) is 2.16. The van der Waals surface area contributed by atoms with E-state index in [1.165, 1.54) is 24.3 Å². The first kappa shape index (κ1) is 8.67. The molecule has 0 unspecified atom stereocenters. The molecule has 0 bridgehead atoms. The fourth-order valence-corrected chi connectivity index (χ4v) is 0.844. The van der Waals surface area contributed by atoms with Gasteiger partial charge >= 0.3 is 0 Å². The number of hydrogen-bond donors (Lipinski definition) is 0. The molecule has 0 aliphatic rings. The number of benzene rings is 1. The molecular weight excluding hydrogens is 166 g/mol. The van der Waals surface area contributed by atoms with Gasteiger partial charge < -0.3 is 0 Å². The summed E-state index contributed by atoms with van der Waals surface area (Å²) >= 11 is 0. The van der Waals surface area contributed by atoms with Crippen LogP contribution in [0.4, 0.5) is 5.69 Å². The molecule has 1 rings (SSSR count). The summed E-state index contributed by atoms with van der Waals surface area (Å²) in [4.78, 5) is 13.2. The van der Waals surface area contributed by atoms with Gasteiger partial charge in [-0.1, -0.05) is 0 Å². The molecule has 0 atom stereocenters. The number of carbonyl (C=O) groups excluding carboxylic acids is 1. The molecule has 4 nitrogen and oxygen atoms in total. The Morgan fingerprint density at radius 3 is 2.38 bits per heavy atom. The largest absolute Gasteiger partial charge is 0.240 e. The maximum Gasteiger partial charge on any atom is 0.240 e. The molecule has 4 heteroatoms. The molecule has 0 saturated heterocycles. The van der Waals surface area contributed by atoms with Crippen LogP contribution in [-0.2, 0) is 4.79 Å². The molecule has 1 aromatic carbocycles. The van der Waals surface area contributed by atoms with E-state index in [2.05, 4.69) is 4.99 Å². The first-order valence-corrected chi connectivity index (χ1v) is 3.34. The van der Waals surface area contributed by atoms with E-state index in [1.54, 1.807) is 0 Å². The third-order valence-corrected chi connectivity index (χ3v) is 1.42. The van der Waals surface area contributed by atoms with E-state index in [1.807, 2.05) is 12.1 Å². The normalized spacial score (nSPS) is 7.85. The van der Waals surface area contributed by atoms with Gasteiger partial charge in [0.25, 0.3) is 0 Å². The van der Waals surface area contributed by atoms with Crippen LogP contribution in [-0.4, -0.2) is 6.08 Å². The van der Waals surface area contributed by atoms with Crippen LogP contribution < -0.4 is 0 Å². The topological polar surface area (TPSA) is 77.0 Å². The van der Waals surface area contributed by atoms with Crippen LogP contribution >= 0.6 is 0 Å². The van der Waals surface area contributed by atoms with Crippen LogP contribution in [0.2, 0.25) is 0 Å². The Labute approximate surface area is 74.4 Å². The van der Waals surface area contributed by atoms with Crippen molar-refractivity contribution in [2.24, 2.45) is 4.99 Å². The Morgan fingerprint density at radius 2 is 1.85 bits per heavy atom. The molecule has 0 aromatic heterocycles. The molecule has 0 fully saturated rings. The van der Waals surface area contributed by atoms with Crippen LogP contribution in [0.5, 0.6) is 0 Å². The zero-order chi connectivity index (χ0) is 9.68. The minimum atomic E-state index is 0.207. The van der Waals surface area contributed by atoms with Crippen LogP contribution in [0, 0.1) is 22.7 Å². The Morgan fingerprint density at radius 1 is 1.15 bits per heavy atom. The van der Waals surface area contributed by atoms with E-state index >= 15 is 0 Å². The number of isocyanates is 1. The van der Waals surface area contributed by atoms with Crippen LogP contribution in [0.25, 0.3) is 0 Å². The zero-order valence-electron chi connectivity index (χ0n) is 6.48. The Hall–Kier alpha value is -2.42. The van der Waals surface area contributed by atoms with Gasteiger partial charge in [-0.15, -0.1) is 0 Å². The molecule has 13 heavy (non-hydrogen) atoms. The van der Waals surface area contributed by atoms with Gasteiger partial charge in [-0.3, -0.25) is 0 Å². The predicted molar refractivity (Wildman–Crippen MR) is 43.7 cm³/mol. The van der Waals surface area contributed by atoms with Gasteiger partial charge in [-0.25, -0.2) is 4.79 Å². The van der Waals surface area contributed by atoms with Gasteiger partial charge in [0.2, 0.25) is 6.08 Å². The minimum Gasteiger partial charge on any atom is -0.211 e. The van der Waals surface area contributed by atoms with Crippen molar-refractivity contribution in [2.75, 3.05) is 0 Å². The van der Waals surface area contributed by atoms with Crippen molar-refractivity contribution >= 4 is 11.8 Å². The molecule has 0 amide bonds. The Kier molecular flexibility index (Phi) is 2.55. The lowest BCUT2D eigenvalue weighted by atomic mass is 10.1. The first-order valence-electron chi connectivity index (χ1n) is 3.34. The SMILES string of the molecule is N#Cc1ccc(N=C=O)cc1C#N. The van der Waals surface area contributed by atoms with Gasteiger partial charge in [0.05, 0.1) is 16.8 Å². The van der Waals surface area contributed by atoms with E-state index in [9.17, 15) is 4.79 Å². The summed E-state index contributed by atoms with van der Waals surface area (Å²) in [5.41, 5.74) is 0.803. The highest BCUT2D eigenvalue weighted by molar-refractivity contribution is 5.56. The quantitative estimate of drug-likeness (QED) is 0.470. The third kappa shape index (κ3) is 1.78.